The van der Waals surface area contributed by atoms with E-state index in [1.807, 2.05) is 0 Å². The first-order valence-electron chi connectivity index (χ1n) is 1.96. The second-order valence-corrected chi connectivity index (χ2v) is 4.36. The minimum absolute atomic E-state index is 2.51. The van der Waals surface area contributed by atoms with Gasteiger partial charge < -0.3 is 0 Å². The predicted octanol–water partition coefficient (Wildman–Crippen LogP) is 1.88. The minimum Gasteiger partial charge on any atom is -0.230 e. The Morgan fingerprint density at radius 1 is 1.45 bits per heavy atom. The highest BCUT2D eigenvalue weighted by atomic mass is 35.7. The molecule has 1 atom stereocenters. The van der Waals surface area contributed by atoms with Crippen molar-refractivity contribution in [3.05, 3.63) is 0 Å². The van der Waals surface area contributed by atoms with Crippen LogP contribution in [0.4, 0.5) is 8.78 Å². The molecule has 11 heavy (non-hydrogen) atoms. The first-order valence-corrected chi connectivity index (χ1v) is 5.01. The number of halogens is 5. The molecule has 0 bridgehead atoms. The van der Waals surface area contributed by atoms with Crippen LogP contribution in [0, 0.1) is 0 Å². The van der Waals surface area contributed by atoms with Gasteiger partial charge in [0, 0.05) is 10.7 Å². The molecular formula is C2HCl3F2O3S. The van der Waals surface area contributed by atoms with Crippen LogP contribution in [0.25, 0.3) is 0 Å². The smallest absolute Gasteiger partial charge is 0.230 e. The van der Waals surface area contributed by atoms with E-state index >= 15 is 0 Å². The molecule has 0 spiro atoms. The molecule has 0 fully saturated rings. The maximum absolute atomic E-state index is 11.8. The lowest BCUT2D eigenvalue weighted by molar-refractivity contribution is 0.0203. The molecular weight excluding hydrogens is 248 g/mol. The van der Waals surface area contributed by atoms with Gasteiger partial charge >= 0.3 is 14.7 Å². The fourth-order valence-corrected chi connectivity index (χ4v) is 1.19. The van der Waals surface area contributed by atoms with E-state index in [0.29, 0.717) is 0 Å². The highest BCUT2D eigenvalue weighted by Gasteiger charge is 2.39. The normalized spacial score (nSPS) is 16.5. The van der Waals surface area contributed by atoms with Gasteiger partial charge in [-0.2, -0.15) is 17.2 Å². The third kappa shape index (κ3) is 5.86. The molecule has 0 amide bonds. The van der Waals surface area contributed by atoms with E-state index in [2.05, 4.69) is 38.1 Å². The molecule has 0 aromatic carbocycles. The van der Waals surface area contributed by atoms with Crippen LogP contribution in [-0.4, -0.2) is 19.4 Å². The molecule has 68 valence electrons. The Morgan fingerprint density at radius 3 is 1.91 bits per heavy atom. The zero-order valence-electron chi connectivity index (χ0n) is 4.60. The van der Waals surface area contributed by atoms with E-state index in [4.69, 9.17) is 0 Å². The second kappa shape index (κ2) is 3.57. The monoisotopic (exact) mass is 248 g/mol. The number of alkyl halides is 4. The lowest BCUT2D eigenvalue weighted by Gasteiger charge is -2.12. The molecule has 0 aliphatic rings. The maximum Gasteiger partial charge on any atom is 0.362 e. The summed E-state index contributed by atoms with van der Waals surface area (Å²) in [6.07, 6.45) is 0. The highest BCUT2D eigenvalue weighted by Crippen LogP contribution is 2.30. The first kappa shape index (κ1) is 11.6. The van der Waals surface area contributed by atoms with Gasteiger partial charge in [0.05, 0.1) is 0 Å². The van der Waals surface area contributed by atoms with Crippen molar-refractivity contribution in [1.82, 2.24) is 0 Å². The summed E-state index contributed by atoms with van der Waals surface area (Å²) in [4.78, 5) is 0. The topological polar surface area (TPSA) is 43.4 Å². The molecule has 1 unspecified atom stereocenters. The Kier molecular flexibility index (Phi) is 3.78. The first-order chi connectivity index (χ1) is 4.63. The van der Waals surface area contributed by atoms with Gasteiger partial charge in [-0.3, -0.25) is 0 Å². The molecule has 0 radical (unpaired) electrons. The van der Waals surface area contributed by atoms with Crippen molar-refractivity contribution in [2.24, 2.45) is 0 Å². The SMILES string of the molecule is O=S(=O)(Cl)OC(Cl)C(F)(F)Cl. The molecule has 0 heterocycles. The number of rotatable bonds is 3. The molecule has 3 nitrogen and oxygen atoms in total. The van der Waals surface area contributed by atoms with E-state index in [9.17, 15) is 17.2 Å². The maximum atomic E-state index is 11.8. The highest BCUT2D eigenvalue weighted by molar-refractivity contribution is 8.10. The van der Waals surface area contributed by atoms with Gasteiger partial charge in [-0.15, -0.1) is 0 Å². The average molecular weight is 249 g/mol. The summed E-state index contributed by atoms with van der Waals surface area (Å²) in [5.41, 5.74) is -2.51. The van der Waals surface area contributed by atoms with Gasteiger partial charge in [0.15, 0.2) is 0 Å². The third-order valence-corrected chi connectivity index (χ3v) is 1.88. The standard InChI is InChI=1S/C2HCl3F2O3S/c3-1(2(4,6)7)10-11(5,8)9/h1H. The van der Waals surface area contributed by atoms with E-state index in [-0.39, 0.29) is 0 Å². The molecule has 0 saturated heterocycles. The Balaban J connectivity index is 4.21. The molecule has 0 aromatic rings. The van der Waals surface area contributed by atoms with Crippen molar-refractivity contribution in [2.75, 3.05) is 0 Å². The van der Waals surface area contributed by atoms with Crippen molar-refractivity contribution < 1.29 is 21.4 Å². The molecule has 0 rings (SSSR count). The van der Waals surface area contributed by atoms with Crippen LogP contribution in [0.2, 0.25) is 0 Å². The predicted molar refractivity (Wildman–Crippen MR) is 36.3 cm³/mol. The van der Waals surface area contributed by atoms with Gasteiger partial charge in [0.25, 0.3) is 0 Å². The van der Waals surface area contributed by atoms with Crippen molar-refractivity contribution in [3.63, 3.8) is 0 Å². The zero-order chi connectivity index (χ0) is 9.28. The fourth-order valence-electron chi connectivity index (χ4n) is 0.155. The van der Waals surface area contributed by atoms with Crippen LogP contribution >= 0.6 is 33.9 Å². The molecule has 0 aliphatic heterocycles. The van der Waals surface area contributed by atoms with Gasteiger partial charge in [-0.25, -0.2) is 4.18 Å². The average Bonchev–Trinajstić information content (AvgIpc) is 1.56. The lowest BCUT2D eigenvalue weighted by atomic mass is 10.8. The summed E-state index contributed by atoms with van der Waals surface area (Å²) in [5.74, 6) is 0. The minimum atomic E-state index is -4.53. The van der Waals surface area contributed by atoms with Crippen LogP contribution in [0.1, 0.15) is 0 Å². The van der Waals surface area contributed by atoms with Gasteiger partial charge in [-0.1, -0.05) is 11.6 Å². The Labute approximate surface area is 75.8 Å². The van der Waals surface area contributed by atoms with E-state index in [0.717, 1.165) is 0 Å². The number of hydrogen-bond acceptors (Lipinski definition) is 3. The van der Waals surface area contributed by atoms with Gasteiger partial charge in [-0.05, 0) is 11.6 Å². The van der Waals surface area contributed by atoms with Crippen molar-refractivity contribution in [2.45, 2.75) is 10.9 Å². The van der Waals surface area contributed by atoms with E-state index < -0.39 is 20.3 Å². The molecule has 0 saturated carbocycles. The summed E-state index contributed by atoms with van der Waals surface area (Å²) in [5, 5.41) is -3.98. The molecule has 0 aliphatic carbocycles. The molecule has 0 N–H and O–H groups in total. The van der Waals surface area contributed by atoms with Crippen LogP contribution in [0.15, 0.2) is 0 Å². The Bertz CT molecular complexity index is 221. The molecule has 9 heteroatoms. The summed E-state index contributed by atoms with van der Waals surface area (Å²) >= 11 is 8.95. The largest absolute Gasteiger partial charge is 0.362 e. The van der Waals surface area contributed by atoms with Crippen LogP contribution < -0.4 is 0 Å². The second-order valence-electron chi connectivity index (χ2n) is 1.35. The van der Waals surface area contributed by atoms with E-state index in [1.54, 1.807) is 0 Å². The third-order valence-electron chi connectivity index (χ3n) is 0.457. The van der Waals surface area contributed by atoms with Crippen LogP contribution in [-0.2, 0) is 13.5 Å². The van der Waals surface area contributed by atoms with Gasteiger partial charge in [0.2, 0.25) is 5.56 Å². The van der Waals surface area contributed by atoms with Crippen molar-refractivity contribution >= 4 is 43.2 Å². The van der Waals surface area contributed by atoms with Crippen LogP contribution in [0.3, 0.4) is 0 Å². The van der Waals surface area contributed by atoms with Crippen LogP contribution in [0.5, 0.6) is 0 Å². The Morgan fingerprint density at radius 2 is 1.82 bits per heavy atom. The van der Waals surface area contributed by atoms with Crippen molar-refractivity contribution in [1.29, 1.82) is 0 Å². The van der Waals surface area contributed by atoms with E-state index in [1.165, 1.54) is 0 Å². The zero-order valence-corrected chi connectivity index (χ0v) is 7.68. The quantitative estimate of drug-likeness (QED) is 0.566. The summed E-state index contributed by atoms with van der Waals surface area (Å²) in [6, 6.07) is 0. The summed E-state index contributed by atoms with van der Waals surface area (Å²) < 4.78 is 47.0. The molecule has 0 aromatic heterocycles. The number of hydrogen-bond donors (Lipinski definition) is 0. The Hall–Kier alpha value is 0.640. The fraction of sp³-hybridized carbons (Fsp3) is 1.00. The van der Waals surface area contributed by atoms with Gasteiger partial charge in [0.1, 0.15) is 0 Å². The summed E-state index contributed by atoms with van der Waals surface area (Å²) in [7, 11) is -0.123. The summed E-state index contributed by atoms with van der Waals surface area (Å²) in [6.45, 7) is 0. The van der Waals surface area contributed by atoms with Crippen molar-refractivity contribution in [3.8, 4) is 0 Å². The lowest BCUT2D eigenvalue weighted by Crippen LogP contribution is -2.26.